The van der Waals surface area contributed by atoms with Gasteiger partial charge in [0.25, 0.3) is 5.56 Å². The van der Waals surface area contributed by atoms with Crippen molar-refractivity contribution in [1.82, 2.24) is 19.9 Å². The van der Waals surface area contributed by atoms with E-state index in [1.807, 2.05) is 54.6 Å². The first kappa shape index (κ1) is 29.4. The number of halogens is 1. The number of hydrogen-bond donors (Lipinski definition) is 2. The van der Waals surface area contributed by atoms with E-state index in [2.05, 4.69) is 34.0 Å². The predicted octanol–water partition coefficient (Wildman–Crippen LogP) is 5.29. The van der Waals surface area contributed by atoms with E-state index in [-0.39, 0.29) is 29.3 Å². The highest BCUT2D eigenvalue weighted by atomic mass is 19.1. The molecule has 2 aliphatic heterocycles. The van der Waals surface area contributed by atoms with Gasteiger partial charge in [0.2, 0.25) is 11.9 Å². The number of piperazine rings is 1. The molecule has 2 aromatic heterocycles. The number of amides is 1. The number of benzene rings is 3. The number of nitrogens with one attached hydrogen (secondary N) is 2. The van der Waals surface area contributed by atoms with E-state index < -0.39 is 6.04 Å². The number of likely N-dealkylation sites (N-methyl/N-ethyl adjacent to an activating group) is 1. The molecular formula is C36H34FN7O2. The van der Waals surface area contributed by atoms with Crippen molar-refractivity contribution in [2.45, 2.75) is 25.4 Å². The first-order chi connectivity index (χ1) is 22.3. The molecule has 0 saturated carbocycles. The zero-order chi connectivity index (χ0) is 31.9. The zero-order valence-electron chi connectivity index (χ0n) is 25.7. The van der Waals surface area contributed by atoms with Crippen molar-refractivity contribution in [3.05, 3.63) is 124 Å². The third kappa shape index (κ3) is 5.20. The van der Waals surface area contributed by atoms with E-state index in [4.69, 9.17) is 4.98 Å². The van der Waals surface area contributed by atoms with Crippen LogP contribution in [0.5, 0.6) is 0 Å². The predicted molar refractivity (Wildman–Crippen MR) is 180 cm³/mol. The standard InChI is InChI=1S/C36H34FN7O2/c1-22-20-38-15-16-43(22)31-14-13-27(19-29(31)37)40-36-39-21-26-17-28(23(2)24-9-5-4-6-10-24)34(45)44(33(26)41-36)32-18-25-11-7-8-12-30(25)42(3)35(32)46/h4-14,17,19,21-22,32,38H,2,15-16,18,20H2,1,3H3,(H,39,40,41). The van der Waals surface area contributed by atoms with Gasteiger partial charge in [-0.2, -0.15) is 4.98 Å². The number of fused-ring (bicyclic) bond motifs is 2. The SMILES string of the molecule is C=C(c1ccccc1)c1cc2cnc(Nc3ccc(N4CCNCC4C)c(F)c3)nc2n(C2Cc3ccccc3N(C)C2=O)c1=O. The molecule has 0 radical (unpaired) electrons. The van der Waals surface area contributed by atoms with Gasteiger partial charge < -0.3 is 20.4 Å². The van der Waals surface area contributed by atoms with Crippen LogP contribution in [0.1, 0.15) is 29.7 Å². The highest BCUT2D eigenvalue weighted by Crippen LogP contribution is 2.34. The number of para-hydroxylation sites is 1. The average molecular weight is 616 g/mol. The van der Waals surface area contributed by atoms with E-state index in [0.29, 0.717) is 46.5 Å². The van der Waals surface area contributed by atoms with Gasteiger partial charge in [-0.15, -0.1) is 0 Å². The lowest BCUT2D eigenvalue weighted by atomic mass is 9.95. The Labute approximate surface area is 266 Å². The molecular weight excluding hydrogens is 581 g/mol. The highest BCUT2D eigenvalue weighted by molar-refractivity contribution is 5.99. The zero-order valence-corrected chi connectivity index (χ0v) is 25.7. The van der Waals surface area contributed by atoms with Crippen LogP contribution < -0.4 is 26.0 Å². The Bertz CT molecular complexity index is 2040. The van der Waals surface area contributed by atoms with Crippen LogP contribution in [0.2, 0.25) is 0 Å². The Morgan fingerprint density at radius 1 is 1.02 bits per heavy atom. The number of aromatic nitrogens is 3. The molecule has 1 saturated heterocycles. The minimum atomic E-state index is -0.848. The van der Waals surface area contributed by atoms with Crippen LogP contribution in [0.15, 0.2) is 96.4 Å². The molecule has 7 rings (SSSR count). The third-order valence-corrected chi connectivity index (χ3v) is 8.93. The maximum absolute atomic E-state index is 15.3. The molecule has 232 valence electrons. The van der Waals surface area contributed by atoms with Crippen LogP contribution in [0, 0.1) is 5.82 Å². The van der Waals surface area contributed by atoms with E-state index in [0.717, 1.165) is 29.9 Å². The quantitative estimate of drug-likeness (QED) is 0.268. The average Bonchev–Trinajstić information content (AvgIpc) is 3.07. The maximum Gasteiger partial charge on any atom is 0.260 e. The molecule has 9 nitrogen and oxygen atoms in total. The fourth-order valence-corrected chi connectivity index (χ4v) is 6.48. The lowest BCUT2D eigenvalue weighted by molar-refractivity contribution is -0.121. The second-order valence-electron chi connectivity index (χ2n) is 11.8. The van der Waals surface area contributed by atoms with Gasteiger partial charge >= 0.3 is 0 Å². The monoisotopic (exact) mass is 615 g/mol. The first-order valence-corrected chi connectivity index (χ1v) is 15.4. The topological polar surface area (TPSA) is 95.4 Å². The van der Waals surface area contributed by atoms with Crippen molar-refractivity contribution in [3.8, 4) is 0 Å². The number of carbonyl (C=O) groups excluding carboxylic acids is 1. The molecule has 10 heteroatoms. The van der Waals surface area contributed by atoms with E-state index >= 15 is 4.39 Å². The van der Waals surface area contributed by atoms with Crippen molar-refractivity contribution in [3.63, 3.8) is 0 Å². The molecule has 0 aliphatic carbocycles. The maximum atomic E-state index is 15.3. The van der Waals surface area contributed by atoms with Gasteiger partial charge in [-0.1, -0.05) is 55.1 Å². The Balaban J connectivity index is 1.32. The molecule has 46 heavy (non-hydrogen) atoms. The van der Waals surface area contributed by atoms with Gasteiger partial charge in [0.15, 0.2) is 0 Å². The molecule has 3 aromatic carbocycles. The van der Waals surface area contributed by atoms with Gasteiger partial charge in [-0.3, -0.25) is 14.2 Å². The van der Waals surface area contributed by atoms with Crippen molar-refractivity contribution in [1.29, 1.82) is 0 Å². The summed E-state index contributed by atoms with van der Waals surface area (Å²) in [6.45, 7) is 8.60. The van der Waals surface area contributed by atoms with Gasteiger partial charge in [0.05, 0.1) is 5.69 Å². The minimum absolute atomic E-state index is 0.166. The summed E-state index contributed by atoms with van der Waals surface area (Å²) in [5.74, 6) is -0.400. The van der Waals surface area contributed by atoms with Crippen molar-refractivity contribution >= 4 is 45.5 Å². The summed E-state index contributed by atoms with van der Waals surface area (Å²) < 4.78 is 16.8. The molecule has 0 spiro atoms. The summed E-state index contributed by atoms with van der Waals surface area (Å²) in [4.78, 5) is 41.2. The second kappa shape index (κ2) is 11.9. The lowest BCUT2D eigenvalue weighted by Gasteiger charge is -2.36. The number of anilines is 4. The summed E-state index contributed by atoms with van der Waals surface area (Å²) in [7, 11) is 1.72. The number of hydrogen-bond acceptors (Lipinski definition) is 7. The highest BCUT2D eigenvalue weighted by Gasteiger charge is 2.34. The summed E-state index contributed by atoms with van der Waals surface area (Å²) >= 11 is 0. The Hall–Kier alpha value is -5.35. The van der Waals surface area contributed by atoms with E-state index in [1.54, 1.807) is 36.3 Å². The van der Waals surface area contributed by atoms with E-state index in [1.165, 1.54) is 10.6 Å². The molecule has 2 aliphatic rings. The van der Waals surface area contributed by atoms with Crippen LogP contribution >= 0.6 is 0 Å². The van der Waals surface area contributed by atoms with E-state index in [9.17, 15) is 9.59 Å². The molecule has 2 atom stereocenters. The molecule has 4 heterocycles. The number of rotatable bonds is 6. The van der Waals surface area contributed by atoms with Crippen molar-refractivity contribution in [2.75, 3.05) is 41.8 Å². The van der Waals surface area contributed by atoms with Gasteiger partial charge in [-0.05, 0) is 54.0 Å². The summed E-state index contributed by atoms with van der Waals surface area (Å²) in [6, 6.07) is 23.1. The number of pyridine rings is 1. The molecule has 2 unspecified atom stereocenters. The summed E-state index contributed by atoms with van der Waals surface area (Å²) in [5, 5.41) is 7.00. The van der Waals surface area contributed by atoms with Crippen LogP contribution in [-0.4, -0.2) is 53.2 Å². The number of nitrogens with zero attached hydrogens (tertiary/aromatic N) is 5. The van der Waals surface area contributed by atoms with Gasteiger partial charge in [-0.25, -0.2) is 9.37 Å². The fourth-order valence-electron chi connectivity index (χ4n) is 6.48. The van der Waals surface area contributed by atoms with Gasteiger partial charge in [0, 0.05) is 67.7 Å². The molecule has 1 fully saturated rings. The Kier molecular flexibility index (Phi) is 7.58. The van der Waals surface area contributed by atoms with Crippen molar-refractivity contribution < 1.29 is 9.18 Å². The smallest absolute Gasteiger partial charge is 0.260 e. The molecule has 5 aromatic rings. The molecule has 1 amide bonds. The normalized spacial score (nSPS) is 18.0. The minimum Gasteiger partial charge on any atom is -0.364 e. The van der Waals surface area contributed by atoms with Crippen LogP contribution in [0.4, 0.5) is 27.4 Å². The summed E-state index contributed by atoms with van der Waals surface area (Å²) in [6.07, 6.45) is 1.93. The van der Waals surface area contributed by atoms with Crippen LogP contribution in [0.3, 0.4) is 0 Å². The lowest BCUT2D eigenvalue weighted by Crippen LogP contribution is -2.50. The molecule has 2 N–H and O–H groups in total. The number of carbonyl (C=O) groups is 1. The summed E-state index contributed by atoms with van der Waals surface area (Å²) in [5.41, 5.74) is 4.37. The fraction of sp³-hybridized carbons (Fsp3) is 0.222. The second-order valence-corrected chi connectivity index (χ2v) is 11.8. The first-order valence-electron chi connectivity index (χ1n) is 15.4. The van der Waals surface area contributed by atoms with Crippen molar-refractivity contribution in [2.24, 2.45) is 0 Å². The Morgan fingerprint density at radius 3 is 2.59 bits per heavy atom. The van der Waals surface area contributed by atoms with Crippen LogP contribution in [-0.2, 0) is 11.2 Å². The molecule has 0 bridgehead atoms. The largest absolute Gasteiger partial charge is 0.364 e. The third-order valence-electron chi connectivity index (χ3n) is 8.93. The van der Waals surface area contributed by atoms with Crippen LogP contribution in [0.25, 0.3) is 16.6 Å². The Morgan fingerprint density at radius 2 is 1.80 bits per heavy atom. The van der Waals surface area contributed by atoms with Gasteiger partial charge in [0.1, 0.15) is 17.5 Å².